The molecule has 1 atom stereocenters. The first-order valence-electron chi connectivity index (χ1n) is 10.2. The lowest BCUT2D eigenvalue weighted by atomic mass is 9.71. The van der Waals surface area contributed by atoms with Crippen LogP contribution in [0.5, 0.6) is 0 Å². The third-order valence-corrected chi connectivity index (χ3v) is 5.82. The van der Waals surface area contributed by atoms with Crippen molar-refractivity contribution in [3.05, 3.63) is 95.9 Å². The number of carbonyl (C=O) groups excluding carboxylic acids is 1. The Hall–Kier alpha value is -3.91. The van der Waals surface area contributed by atoms with Crippen LogP contribution in [0.4, 0.5) is 0 Å². The molecule has 1 amide bonds. The summed E-state index contributed by atoms with van der Waals surface area (Å²) in [5, 5.41) is 12.0. The number of imidazole rings is 1. The minimum atomic E-state index is -0.658. The largest absolute Gasteiger partial charge is 0.359 e. The van der Waals surface area contributed by atoms with Gasteiger partial charge in [0.25, 0.3) is 0 Å². The van der Waals surface area contributed by atoms with E-state index in [1.807, 2.05) is 66.9 Å². The van der Waals surface area contributed by atoms with E-state index in [4.69, 9.17) is 0 Å². The van der Waals surface area contributed by atoms with Crippen molar-refractivity contribution >= 4 is 11.4 Å². The molecule has 5 nitrogen and oxygen atoms in total. The molecule has 4 rings (SSSR count). The van der Waals surface area contributed by atoms with Gasteiger partial charge in [0.2, 0.25) is 5.91 Å². The lowest BCUT2D eigenvalue weighted by Crippen LogP contribution is -2.39. The van der Waals surface area contributed by atoms with E-state index >= 15 is 0 Å². The number of benzene rings is 2. The number of hydrogen-bond acceptors (Lipinski definition) is 3. The molecule has 0 bridgehead atoms. The number of hydrogen-bond donors (Lipinski definition) is 1. The van der Waals surface area contributed by atoms with Gasteiger partial charge in [0, 0.05) is 24.7 Å². The predicted octanol–water partition coefficient (Wildman–Crippen LogP) is 4.78. The number of fused-ring (bicyclic) bond motifs is 1. The Bertz CT molecular complexity index is 1280. The summed E-state index contributed by atoms with van der Waals surface area (Å²) in [4.78, 5) is 17.4. The third-order valence-electron chi connectivity index (χ3n) is 5.82. The number of carbonyl (C=O) groups is 1. The number of aromatic nitrogens is 2. The van der Waals surface area contributed by atoms with Crippen LogP contribution in [-0.2, 0) is 4.79 Å². The first-order chi connectivity index (χ1) is 15.0. The molecule has 1 N–H and O–H groups in total. The fourth-order valence-electron chi connectivity index (χ4n) is 4.27. The number of pyridine rings is 1. The van der Waals surface area contributed by atoms with Gasteiger partial charge in [0.15, 0.2) is 0 Å². The monoisotopic (exact) mass is 408 g/mol. The molecule has 0 aliphatic carbocycles. The van der Waals surface area contributed by atoms with Gasteiger partial charge < -0.3 is 9.72 Å². The maximum Gasteiger partial charge on any atom is 0.226 e. The molecule has 0 saturated carbocycles. The van der Waals surface area contributed by atoms with Crippen LogP contribution in [0.1, 0.15) is 36.5 Å². The second-order valence-corrected chi connectivity index (χ2v) is 8.19. The van der Waals surface area contributed by atoms with Crippen molar-refractivity contribution in [1.29, 1.82) is 5.26 Å². The van der Waals surface area contributed by atoms with E-state index in [2.05, 4.69) is 34.6 Å². The molecule has 0 aliphatic heterocycles. The number of nitrogens with one attached hydrogen (secondary N) is 1. The van der Waals surface area contributed by atoms with E-state index in [0.29, 0.717) is 5.56 Å². The molecular weight excluding hydrogens is 384 g/mol. The quantitative estimate of drug-likeness (QED) is 0.517. The van der Waals surface area contributed by atoms with Crippen molar-refractivity contribution in [3.8, 4) is 17.3 Å². The van der Waals surface area contributed by atoms with Crippen molar-refractivity contribution in [3.63, 3.8) is 0 Å². The summed E-state index contributed by atoms with van der Waals surface area (Å²) in [5.74, 6) is -0.146. The number of nitriles is 1. The van der Waals surface area contributed by atoms with Gasteiger partial charge in [-0.15, -0.1) is 0 Å². The Morgan fingerprint density at radius 3 is 2.55 bits per heavy atom. The summed E-state index contributed by atoms with van der Waals surface area (Å²) in [6, 6.07) is 23.8. The smallest absolute Gasteiger partial charge is 0.226 e. The summed E-state index contributed by atoms with van der Waals surface area (Å²) in [6.07, 6.45) is 3.82. The van der Waals surface area contributed by atoms with E-state index in [1.54, 1.807) is 19.4 Å². The molecular formula is C26H24N4O. The number of rotatable bonds is 5. The average molecular weight is 409 g/mol. The van der Waals surface area contributed by atoms with Crippen molar-refractivity contribution < 1.29 is 4.79 Å². The first-order valence-corrected chi connectivity index (χ1v) is 10.2. The molecule has 0 aliphatic rings. The molecule has 0 fully saturated rings. The Morgan fingerprint density at radius 2 is 1.84 bits per heavy atom. The summed E-state index contributed by atoms with van der Waals surface area (Å²) < 4.78 is 1.99. The van der Waals surface area contributed by atoms with Crippen LogP contribution in [0.3, 0.4) is 0 Å². The second kappa shape index (κ2) is 8.08. The van der Waals surface area contributed by atoms with Crippen LogP contribution < -0.4 is 5.32 Å². The summed E-state index contributed by atoms with van der Waals surface area (Å²) >= 11 is 0. The maximum absolute atomic E-state index is 12.8. The molecule has 2 heterocycles. The van der Waals surface area contributed by atoms with Gasteiger partial charge in [-0.3, -0.25) is 4.79 Å². The van der Waals surface area contributed by atoms with E-state index in [1.165, 1.54) is 0 Å². The topological polar surface area (TPSA) is 70.2 Å². The SMILES string of the molecule is CNC(=O)C(C)(C)C(c1ccccc1)c1ccc2c(-c3cccc(C#N)c3)ncn2c1. The zero-order chi connectivity index (χ0) is 22.0. The van der Waals surface area contributed by atoms with Crippen LogP contribution in [0, 0.1) is 16.7 Å². The fourth-order valence-corrected chi connectivity index (χ4v) is 4.27. The highest BCUT2D eigenvalue weighted by molar-refractivity contribution is 5.83. The van der Waals surface area contributed by atoms with Crippen LogP contribution >= 0.6 is 0 Å². The van der Waals surface area contributed by atoms with Crippen molar-refractivity contribution in [1.82, 2.24) is 14.7 Å². The molecule has 2 aromatic heterocycles. The Balaban J connectivity index is 1.84. The number of nitrogens with zero attached hydrogens (tertiary/aromatic N) is 3. The Kier molecular flexibility index (Phi) is 5.31. The van der Waals surface area contributed by atoms with Gasteiger partial charge in [0.1, 0.15) is 0 Å². The van der Waals surface area contributed by atoms with Crippen LogP contribution in [0.2, 0.25) is 0 Å². The lowest BCUT2D eigenvalue weighted by Gasteiger charge is -2.33. The summed E-state index contributed by atoms with van der Waals surface area (Å²) in [7, 11) is 1.67. The van der Waals surface area contributed by atoms with Gasteiger partial charge >= 0.3 is 0 Å². The highest BCUT2D eigenvalue weighted by atomic mass is 16.2. The van der Waals surface area contributed by atoms with Crippen LogP contribution in [0.25, 0.3) is 16.8 Å². The number of amides is 1. The van der Waals surface area contributed by atoms with Crippen molar-refractivity contribution in [2.75, 3.05) is 7.05 Å². The average Bonchev–Trinajstić information content (AvgIpc) is 3.22. The lowest BCUT2D eigenvalue weighted by molar-refractivity contribution is -0.129. The normalized spacial score (nSPS) is 12.3. The van der Waals surface area contributed by atoms with E-state index < -0.39 is 5.41 Å². The molecule has 1 unspecified atom stereocenters. The van der Waals surface area contributed by atoms with E-state index in [0.717, 1.165) is 27.9 Å². The van der Waals surface area contributed by atoms with Gasteiger partial charge in [-0.05, 0) is 29.3 Å². The minimum Gasteiger partial charge on any atom is -0.359 e. The van der Waals surface area contributed by atoms with Crippen LogP contribution in [0.15, 0.2) is 79.3 Å². The highest BCUT2D eigenvalue weighted by Gasteiger charge is 2.38. The van der Waals surface area contributed by atoms with Crippen molar-refractivity contribution in [2.45, 2.75) is 19.8 Å². The third kappa shape index (κ3) is 3.69. The zero-order valence-corrected chi connectivity index (χ0v) is 17.8. The molecule has 4 aromatic rings. The molecule has 0 radical (unpaired) electrons. The van der Waals surface area contributed by atoms with E-state index in [-0.39, 0.29) is 11.8 Å². The fraction of sp³-hybridized carbons (Fsp3) is 0.192. The minimum absolute atomic E-state index is 0.0129. The van der Waals surface area contributed by atoms with Gasteiger partial charge in [-0.1, -0.05) is 62.4 Å². The molecule has 0 saturated heterocycles. The zero-order valence-electron chi connectivity index (χ0n) is 17.8. The molecule has 31 heavy (non-hydrogen) atoms. The predicted molar refractivity (Wildman–Crippen MR) is 121 cm³/mol. The molecule has 154 valence electrons. The summed E-state index contributed by atoms with van der Waals surface area (Å²) in [6.45, 7) is 3.95. The highest BCUT2D eigenvalue weighted by Crippen LogP contribution is 2.41. The Morgan fingerprint density at radius 1 is 1.06 bits per heavy atom. The van der Waals surface area contributed by atoms with E-state index in [9.17, 15) is 10.1 Å². The Labute approximate surface area is 182 Å². The summed E-state index contributed by atoms with van der Waals surface area (Å²) in [5.41, 5.74) is 4.73. The standard InChI is InChI=1S/C26H24N4O/c1-26(2,25(31)28-3)23(19-9-5-4-6-10-19)21-12-13-22-24(29-17-30(22)16-21)20-11-7-8-18(14-20)15-27/h4-14,16-17,23H,1-3H3,(H,28,31). The van der Waals surface area contributed by atoms with Crippen molar-refractivity contribution in [2.24, 2.45) is 5.41 Å². The molecule has 5 heteroatoms. The van der Waals surface area contributed by atoms with Gasteiger partial charge in [-0.25, -0.2) is 4.98 Å². The van der Waals surface area contributed by atoms with Crippen LogP contribution in [-0.4, -0.2) is 22.3 Å². The maximum atomic E-state index is 12.8. The second-order valence-electron chi connectivity index (χ2n) is 8.19. The molecule has 0 spiro atoms. The first kappa shape index (κ1) is 20.4. The van der Waals surface area contributed by atoms with Gasteiger partial charge in [0.05, 0.1) is 34.6 Å². The molecule has 2 aromatic carbocycles. The van der Waals surface area contributed by atoms with Gasteiger partial charge in [-0.2, -0.15) is 5.26 Å².